The zero-order valence-electron chi connectivity index (χ0n) is 15.6. The first kappa shape index (κ1) is 19.4. The first-order valence-corrected chi connectivity index (χ1v) is 10.2. The predicted octanol–water partition coefficient (Wildman–Crippen LogP) is 2.96. The molecule has 1 aromatic carbocycles. The number of hydrogen-bond donors (Lipinski definition) is 2. The molecule has 1 aliphatic heterocycles. The van der Waals surface area contributed by atoms with Gasteiger partial charge in [0.25, 0.3) is 5.91 Å². The average molecular weight is 387 g/mol. The minimum atomic E-state index is -0.560. The second-order valence-corrected chi connectivity index (χ2v) is 7.62. The van der Waals surface area contributed by atoms with Crippen molar-refractivity contribution in [3.05, 3.63) is 54.0 Å². The lowest BCUT2D eigenvalue weighted by atomic mass is 10.2. The van der Waals surface area contributed by atoms with Gasteiger partial charge in [0.2, 0.25) is 0 Å². The Labute approximate surface area is 164 Å². The van der Waals surface area contributed by atoms with E-state index in [2.05, 4.69) is 46.4 Å². The fraction of sp³-hybridized carbons (Fsp3) is 0.400. The largest absolute Gasteiger partial charge is 0.454 e. The van der Waals surface area contributed by atoms with Crippen molar-refractivity contribution in [3.63, 3.8) is 0 Å². The number of nitrogens with zero attached hydrogens (tertiary/aromatic N) is 2. The van der Waals surface area contributed by atoms with Crippen LogP contribution in [-0.4, -0.2) is 42.2 Å². The highest BCUT2D eigenvalue weighted by Gasteiger charge is 2.25. The van der Waals surface area contributed by atoms with Gasteiger partial charge >= 0.3 is 0 Å². The van der Waals surface area contributed by atoms with Gasteiger partial charge in [0, 0.05) is 30.3 Å². The Morgan fingerprint density at radius 3 is 2.85 bits per heavy atom. The fourth-order valence-corrected chi connectivity index (χ4v) is 4.12. The van der Waals surface area contributed by atoms with Crippen molar-refractivity contribution in [1.29, 1.82) is 0 Å². The molecule has 1 saturated heterocycles. The molecule has 2 heterocycles. The maximum Gasteiger partial charge on any atom is 0.284 e. The summed E-state index contributed by atoms with van der Waals surface area (Å²) in [4.78, 5) is 19.4. The zero-order valence-corrected chi connectivity index (χ0v) is 16.4. The predicted molar refractivity (Wildman–Crippen MR) is 109 cm³/mol. The highest BCUT2D eigenvalue weighted by Crippen LogP contribution is 2.26. The van der Waals surface area contributed by atoms with E-state index in [-0.39, 0.29) is 5.76 Å². The Bertz CT molecular complexity index is 775. The van der Waals surface area contributed by atoms with Crippen molar-refractivity contribution < 1.29 is 9.21 Å². The molecule has 0 bridgehead atoms. The van der Waals surface area contributed by atoms with Crippen LogP contribution in [0, 0.1) is 5.92 Å². The molecule has 0 radical (unpaired) electrons. The summed E-state index contributed by atoms with van der Waals surface area (Å²) in [5, 5.41) is 3.35. The number of thioether (sulfide) groups is 1. The quantitative estimate of drug-likeness (QED) is 0.434. The lowest BCUT2D eigenvalue weighted by Gasteiger charge is -2.21. The number of nitrogens with two attached hydrogens (primary N) is 1. The number of hydrogen-bond acceptors (Lipinski definition) is 4. The van der Waals surface area contributed by atoms with Crippen molar-refractivity contribution in [2.45, 2.75) is 24.8 Å². The minimum absolute atomic E-state index is 0.171. The molecular formula is C20H26N4O2S. The van der Waals surface area contributed by atoms with Gasteiger partial charge in [-0.15, -0.1) is 11.8 Å². The summed E-state index contributed by atoms with van der Waals surface area (Å²) in [5.41, 5.74) is 5.23. The van der Waals surface area contributed by atoms with Gasteiger partial charge in [-0.3, -0.25) is 4.79 Å². The number of likely N-dealkylation sites (tertiary alicyclic amines) is 1. The molecular weight excluding hydrogens is 360 g/mol. The van der Waals surface area contributed by atoms with Gasteiger partial charge in [-0.2, -0.15) is 0 Å². The highest BCUT2D eigenvalue weighted by molar-refractivity contribution is 7.99. The molecule has 2 aromatic rings. The molecule has 1 unspecified atom stereocenters. The number of benzene rings is 1. The van der Waals surface area contributed by atoms with E-state index in [9.17, 15) is 4.79 Å². The number of guanidine groups is 1. The van der Waals surface area contributed by atoms with E-state index < -0.39 is 5.91 Å². The standard InChI is InChI=1S/C20H26N4O2S/c1-2-22-20(23-12-16-8-9-18(26-16)19(21)25)24-11-10-15(13-24)14-27-17-6-4-3-5-7-17/h3-9,15H,2,10-14H2,1H3,(H2,21,25)(H,22,23). The number of carbonyl (C=O) groups is 1. The van der Waals surface area contributed by atoms with Gasteiger partial charge in [-0.05, 0) is 43.5 Å². The SMILES string of the molecule is CCNC(=NCc1ccc(C(N)=O)o1)N1CCC(CSc2ccccc2)C1. The summed E-state index contributed by atoms with van der Waals surface area (Å²) in [6.07, 6.45) is 1.16. The van der Waals surface area contributed by atoms with E-state index in [4.69, 9.17) is 10.2 Å². The molecule has 3 rings (SSSR count). The van der Waals surface area contributed by atoms with Gasteiger partial charge < -0.3 is 20.4 Å². The molecule has 6 nitrogen and oxygen atoms in total. The molecule has 1 amide bonds. The van der Waals surface area contributed by atoms with E-state index in [0.29, 0.717) is 18.2 Å². The van der Waals surface area contributed by atoms with E-state index in [1.807, 2.05) is 17.8 Å². The number of carbonyl (C=O) groups excluding carboxylic acids is 1. The van der Waals surface area contributed by atoms with Gasteiger partial charge in [0.15, 0.2) is 11.7 Å². The lowest BCUT2D eigenvalue weighted by molar-refractivity contribution is 0.0972. The summed E-state index contributed by atoms with van der Waals surface area (Å²) >= 11 is 1.91. The number of primary amides is 1. The lowest BCUT2D eigenvalue weighted by Crippen LogP contribution is -2.40. The molecule has 3 N–H and O–H groups in total. The number of aliphatic imine (C=N–C) groups is 1. The second kappa shape index (κ2) is 9.50. The molecule has 0 aliphatic carbocycles. The van der Waals surface area contributed by atoms with E-state index in [0.717, 1.165) is 37.8 Å². The Morgan fingerprint density at radius 1 is 1.33 bits per heavy atom. The summed E-state index contributed by atoms with van der Waals surface area (Å²) < 4.78 is 5.41. The van der Waals surface area contributed by atoms with Crippen LogP contribution in [0.4, 0.5) is 0 Å². The maximum atomic E-state index is 11.1. The summed E-state index contributed by atoms with van der Waals surface area (Å²) in [6, 6.07) is 13.9. The van der Waals surface area contributed by atoms with Gasteiger partial charge in [0.05, 0.1) is 0 Å². The summed E-state index contributed by atoms with van der Waals surface area (Å²) in [6.45, 7) is 5.25. The first-order valence-electron chi connectivity index (χ1n) is 9.25. The van der Waals surface area contributed by atoms with E-state index in [1.54, 1.807) is 12.1 Å². The van der Waals surface area contributed by atoms with Crippen molar-refractivity contribution in [3.8, 4) is 0 Å². The molecule has 27 heavy (non-hydrogen) atoms. The van der Waals surface area contributed by atoms with Crippen LogP contribution in [0.25, 0.3) is 0 Å². The van der Waals surface area contributed by atoms with Crippen LogP contribution in [-0.2, 0) is 6.54 Å². The molecule has 0 spiro atoms. The molecule has 1 aromatic heterocycles. The first-order chi connectivity index (χ1) is 13.2. The van der Waals surface area contributed by atoms with Crippen LogP contribution in [0.15, 0.2) is 56.8 Å². The number of rotatable bonds is 7. The Hall–Kier alpha value is -2.41. The fourth-order valence-electron chi connectivity index (χ4n) is 3.07. The molecule has 7 heteroatoms. The number of amides is 1. The van der Waals surface area contributed by atoms with Gasteiger partial charge in [-0.25, -0.2) is 4.99 Å². The van der Waals surface area contributed by atoms with Crippen molar-refractivity contribution in [2.24, 2.45) is 16.6 Å². The van der Waals surface area contributed by atoms with Crippen LogP contribution in [0.2, 0.25) is 0 Å². The normalized spacial score (nSPS) is 17.3. The van der Waals surface area contributed by atoms with Crippen LogP contribution in [0.5, 0.6) is 0 Å². The van der Waals surface area contributed by atoms with Gasteiger partial charge in [0.1, 0.15) is 12.3 Å². The third-order valence-electron chi connectivity index (χ3n) is 4.44. The Morgan fingerprint density at radius 2 is 2.15 bits per heavy atom. The maximum absolute atomic E-state index is 11.1. The molecule has 1 fully saturated rings. The molecule has 1 aliphatic rings. The average Bonchev–Trinajstić information content (AvgIpc) is 3.34. The number of furan rings is 1. The Kier molecular flexibility index (Phi) is 6.81. The van der Waals surface area contributed by atoms with Crippen molar-refractivity contribution in [2.75, 3.05) is 25.4 Å². The van der Waals surface area contributed by atoms with Crippen molar-refractivity contribution in [1.82, 2.24) is 10.2 Å². The monoisotopic (exact) mass is 386 g/mol. The highest BCUT2D eigenvalue weighted by atomic mass is 32.2. The third kappa shape index (κ3) is 5.53. The van der Waals surface area contributed by atoms with Crippen LogP contribution >= 0.6 is 11.8 Å². The van der Waals surface area contributed by atoms with Gasteiger partial charge in [-0.1, -0.05) is 18.2 Å². The summed E-state index contributed by atoms with van der Waals surface area (Å²) in [5.74, 6) is 2.89. The number of nitrogens with one attached hydrogen (secondary N) is 1. The third-order valence-corrected chi connectivity index (χ3v) is 5.68. The second-order valence-electron chi connectivity index (χ2n) is 6.53. The van der Waals surface area contributed by atoms with Crippen LogP contribution in [0.1, 0.15) is 29.7 Å². The van der Waals surface area contributed by atoms with Crippen LogP contribution in [0.3, 0.4) is 0 Å². The Balaban J connectivity index is 1.55. The summed E-state index contributed by atoms with van der Waals surface area (Å²) in [7, 11) is 0. The zero-order chi connectivity index (χ0) is 19.1. The minimum Gasteiger partial charge on any atom is -0.454 e. The van der Waals surface area contributed by atoms with Crippen LogP contribution < -0.4 is 11.1 Å². The smallest absolute Gasteiger partial charge is 0.284 e. The van der Waals surface area contributed by atoms with E-state index >= 15 is 0 Å². The van der Waals surface area contributed by atoms with Crippen molar-refractivity contribution >= 4 is 23.6 Å². The molecule has 0 saturated carbocycles. The molecule has 1 atom stereocenters. The van der Waals surface area contributed by atoms with E-state index in [1.165, 1.54) is 4.90 Å². The molecule has 144 valence electrons. The topological polar surface area (TPSA) is 83.9 Å².